The number of sulfone groups is 1. The molecule has 8 heavy (non-hydrogen) atoms. The summed E-state index contributed by atoms with van der Waals surface area (Å²) in [5.74, 6) is -0.590. The van der Waals surface area contributed by atoms with Gasteiger partial charge in [0.05, 0.1) is 0 Å². The highest BCUT2D eigenvalue weighted by Gasteiger charge is 2.06. The van der Waals surface area contributed by atoms with Crippen molar-refractivity contribution in [3.63, 3.8) is 0 Å². The van der Waals surface area contributed by atoms with Crippen LogP contribution in [-0.2, 0) is 9.84 Å². The van der Waals surface area contributed by atoms with Crippen LogP contribution in [0.5, 0.6) is 0 Å². The third-order valence-corrected chi connectivity index (χ3v) is 1.36. The van der Waals surface area contributed by atoms with E-state index in [-0.39, 0.29) is 0 Å². The summed E-state index contributed by atoms with van der Waals surface area (Å²) in [5, 5.41) is 16.1. The summed E-state index contributed by atoms with van der Waals surface area (Å²) in [6.07, 6.45) is -0.808. The molecule has 0 saturated carbocycles. The van der Waals surface area contributed by atoms with Crippen LogP contribution in [0.15, 0.2) is 0 Å². The molecule has 2 N–H and O–H groups in total. The molecule has 0 amide bonds. The van der Waals surface area contributed by atoms with Crippen LogP contribution >= 0.6 is 0 Å². The maximum Gasteiger partial charge on any atom is 0.165 e. The summed E-state index contributed by atoms with van der Waals surface area (Å²) in [6.45, 7) is 0. The molecule has 0 aromatic rings. The molecule has 0 fully saturated rings. The first kappa shape index (κ1) is 7.87. The smallest absolute Gasteiger partial charge is 0.165 e. The molecule has 5 heteroatoms. The van der Waals surface area contributed by atoms with Crippen LogP contribution in [-0.4, -0.2) is 36.9 Å². The third-order valence-electron chi connectivity index (χ3n) is 0.452. The Kier molecular flexibility index (Phi) is 2.39. The first-order valence-electron chi connectivity index (χ1n) is 1.95. The number of aliphatic hydroxyl groups is 2. The molecule has 0 bridgehead atoms. The molecule has 0 saturated heterocycles. The van der Waals surface area contributed by atoms with Crippen molar-refractivity contribution in [3.05, 3.63) is 0 Å². The van der Waals surface area contributed by atoms with Crippen molar-refractivity contribution >= 4 is 9.84 Å². The molecule has 50 valence electrons. The van der Waals surface area contributed by atoms with Gasteiger partial charge in [0.15, 0.2) is 16.1 Å². The Labute approximate surface area is 47.7 Å². The lowest BCUT2D eigenvalue weighted by Crippen LogP contribution is -2.18. The summed E-state index contributed by atoms with van der Waals surface area (Å²) in [6, 6.07) is 0. The van der Waals surface area contributed by atoms with E-state index < -0.39 is 21.9 Å². The number of rotatable bonds is 2. The van der Waals surface area contributed by atoms with Gasteiger partial charge in [-0.05, 0) is 0 Å². The number of aliphatic hydroxyl groups excluding tert-OH is 1. The fraction of sp³-hybridized carbons (Fsp3) is 1.00. The summed E-state index contributed by atoms with van der Waals surface area (Å²) in [4.78, 5) is 0. The van der Waals surface area contributed by atoms with Gasteiger partial charge in [0.1, 0.15) is 5.75 Å². The molecule has 0 aromatic heterocycles. The quantitative estimate of drug-likeness (QED) is 0.450. The SMILES string of the molecule is CS(=O)(=O)CC(O)O. The topological polar surface area (TPSA) is 74.6 Å². The lowest BCUT2D eigenvalue weighted by atomic mass is 10.8. The Balaban J connectivity index is 3.75. The monoisotopic (exact) mass is 140 g/mol. The molecule has 0 aromatic carbocycles. The van der Waals surface area contributed by atoms with Crippen molar-refractivity contribution in [2.45, 2.75) is 6.29 Å². The van der Waals surface area contributed by atoms with E-state index in [9.17, 15) is 8.42 Å². The molecular formula is C3H8O4S. The molecule has 0 aliphatic rings. The fourth-order valence-electron chi connectivity index (χ4n) is 0.271. The number of hydrogen-bond acceptors (Lipinski definition) is 4. The van der Waals surface area contributed by atoms with Crippen LogP contribution in [0, 0.1) is 0 Å². The molecular weight excluding hydrogens is 132 g/mol. The Hall–Kier alpha value is -0.130. The van der Waals surface area contributed by atoms with E-state index in [4.69, 9.17) is 10.2 Å². The van der Waals surface area contributed by atoms with Crippen molar-refractivity contribution in [2.75, 3.05) is 12.0 Å². The van der Waals surface area contributed by atoms with Crippen LogP contribution in [0.2, 0.25) is 0 Å². The van der Waals surface area contributed by atoms with Crippen molar-refractivity contribution in [1.29, 1.82) is 0 Å². The van der Waals surface area contributed by atoms with Gasteiger partial charge in [0.2, 0.25) is 0 Å². The van der Waals surface area contributed by atoms with Gasteiger partial charge in [-0.25, -0.2) is 8.42 Å². The predicted octanol–water partition coefficient (Wildman–Crippen LogP) is -1.66. The molecule has 0 aliphatic heterocycles. The van der Waals surface area contributed by atoms with E-state index in [1.807, 2.05) is 0 Å². The second kappa shape index (κ2) is 2.43. The molecule has 0 spiro atoms. The minimum atomic E-state index is -3.22. The Morgan fingerprint density at radius 2 is 1.88 bits per heavy atom. The summed E-state index contributed by atoms with van der Waals surface area (Å²) >= 11 is 0. The van der Waals surface area contributed by atoms with Crippen molar-refractivity contribution in [3.8, 4) is 0 Å². The average Bonchev–Trinajstić information content (AvgIpc) is 1.21. The maximum atomic E-state index is 10.1. The van der Waals surface area contributed by atoms with Crippen LogP contribution < -0.4 is 0 Å². The third kappa shape index (κ3) is 5.87. The van der Waals surface area contributed by atoms with Gasteiger partial charge in [0.25, 0.3) is 0 Å². The molecule has 0 atom stereocenters. The zero-order valence-electron chi connectivity index (χ0n) is 4.40. The van der Waals surface area contributed by atoms with Gasteiger partial charge in [-0.2, -0.15) is 0 Å². The molecule has 0 unspecified atom stereocenters. The van der Waals surface area contributed by atoms with E-state index in [1.54, 1.807) is 0 Å². The summed E-state index contributed by atoms with van der Waals surface area (Å²) < 4.78 is 20.2. The molecule has 0 heterocycles. The summed E-state index contributed by atoms with van der Waals surface area (Å²) in [7, 11) is -3.22. The predicted molar refractivity (Wildman–Crippen MR) is 27.9 cm³/mol. The fourth-order valence-corrected chi connectivity index (χ4v) is 0.812. The van der Waals surface area contributed by atoms with Crippen LogP contribution in [0.1, 0.15) is 0 Å². The van der Waals surface area contributed by atoms with Crippen LogP contribution in [0.25, 0.3) is 0 Å². The largest absolute Gasteiger partial charge is 0.367 e. The van der Waals surface area contributed by atoms with Crippen molar-refractivity contribution in [2.24, 2.45) is 0 Å². The molecule has 4 nitrogen and oxygen atoms in total. The van der Waals surface area contributed by atoms with Gasteiger partial charge >= 0.3 is 0 Å². The first-order chi connectivity index (χ1) is 3.42. The van der Waals surface area contributed by atoms with Gasteiger partial charge in [-0.15, -0.1) is 0 Å². The standard InChI is InChI=1S/C3H8O4S/c1-8(6,7)2-3(4)5/h3-5H,2H2,1H3. The normalized spacial score (nSPS) is 12.5. The van der Waals surface area contributed by atoms with E-state index >= 15 is 0 Å². The second-order valence-electron chi connectivity index (χ2n) is 1.57. The van der Waals surface area contributed by atoms with E-state index in [0.717, 1.165) is 6.26 Å². The maximum absolute atomic E-state index is 10.1. The Bertz CT molecular complexity index is 145. The molecule has 0 rings (SSSR count). The van der Waals surface area contributed by atoms with E-state index in [1.165, 1.54) is 0 Å². The Morgan fingerprint density at radius 1 is 1.50 bits per heavy atom. The summed E-state index contributed by atoms with van der Waals surface area (Å²) in [5.41, 5.74) is 0. The van der Waals surface area contributed by atoms with Gasteiger partial charge < -0.3 is 10.2 Å². The van der Waals surface area contributed by atoms with Crippen LogP contribution in [0.4, 0.5) is 0 Å². The Morgan fingerprint density at radius 3 is 1.88 bits per heavy atom. The lowest BCUT2D eigenvalue weighted by molar-refractivity contribution is -0.0197. The molecule has 0 aliphatic carbocycles. The zero-order chi connectivity index (χ0) is 6.78. The van der Waals surface area contributed by atoms with Gasteiger partial charge in [-0.1, -0.05) is 0 Å². The minimum absolute atomic E-state index is 0.590. The van der Waals surface area contributed by atoms with Gasteiger partial charge in [-0.3, -0.25) is 0 Å². The lowest BCUT2D eigenvalue weighted by Gasteiger charge is -1.97. The van der Waals surface area contributed by atoms with Crippen molar-refractivity contribution < 1.29 is 18.6 Å². The highest BCUT2D eigenvalue weighted by atomic mass is 32.2. The average molecular weight is 140 g/mol. The van der Waals surface area contributed by atoms with Crippen LogP contribution in [0.3, 0.4) is 0 Å². The van der Waals surface area contributed by atoms with E-state index in [2.05, 4.69) is 0 Å². The van der Waals surface area contributed by atoms with E-state index in [0.29, 0.717) is 0 Å². The van der Waals surface area contributed by atoms with Gasteiger partial charge in [0, 0.05) is 6.26 Å². The highest BCUT2D eigenvalue weighted by molar-refractivity contribution is 7.90. The first-order valence-corrected chi connectivity index (χ1v) is 4.02. The minimum Gasteiger partial charge on any atom is -0.367 e. The second-order valence-corrected chi connectivity index (χ2v) is 3.76. The van der Waals surface area contributed by atoms with Crippen molar-refractivity contribution in [1.82, 2.24) is 0 Å². The molecule has 0 radical (unpaired) electrons. The number of hydrogen-bond donors (Lipinski definition) is 2. The zero-order valence-corrected chi connectivity index (χ0v) is 5.22. The highest BCUT2D eigenvalue weighted by Crippen LogP contribution is 1.84.